The second-order valence-electron chi connectivity index (χ2n) is 6.81. The van der Waals surface area contributed by atoms with Crippen molar-refractivity contribution in [2.75, 3.05) is 13.7 Å². The number of fused-ring (bicyclic) bond motifs is 3. The smallest absolute Gasteiger partial charge is 0.359 e. The van der Waals surface area contributed by atoms with Gasteiger partial charge in [0.15, 0.2) is 5.69 Å². The maximum atomic E-state index is 12.6. The minimum Gasteiger partial charge on any atom is -0.461 e. The van der Waals surface area contributed by atoms with Crippen molar-refractivity contribution >= 4 is 50.7 Å². The van der Waals surface area contributed by atoms with E-state index in [2.05, 4.69) is 27.1 Å². The number of hydrogen-bond acceptors (Lipinski definition) is 5. The zero-order valence-electron chi connectivity index (χ0n) is 15.8. The van der Waals surface area contributed by atoms with Gasteiger partial charge in [-0.15, -0.1) is 0 Å². The second-order valence-corrected chi connectivity index (χ2v) is 8.74. The van der Waals surface area contributed by atoms with Crippen molar-refractivity contribution in [3.05, 3.63) is 51.3 Å². The molecule has 0 saturated carbocycles. The maximum Gasteiger partial charge on any atom is 0.359 e. The van der Waals surface area contributed by atoms with Crippen LogP contribution in [0.25, 0.3) is 11.3 Å². The van der Waals surface area contributed by atoms with Crippen molar-refractivity contribution < 1.29 is 19.0 Å². The van der Waals surface area contributed by atoms with Gasteiger partial charge in [-0.2, -0.15) is 5.10 Å². The molecule has 1 aliphatic carbocycles. The fraction of sp³-hybridized carbons (Fsp3) is 0.400. The van der Waals surface area contributed by atoms with E-state index >= 15 is 0 Å². The third kappa shape index (κ3) is 3.86. The van der Waals surface area contributed by atoms with Crippen molar-refractivity contribution in [2.24, 2.45) is 0 Å². The average Bonchev–Trinajstić information content (AvgIpc) is 3.07. The molecular weight excluding hydrogens is 483 g/mol. The first-order chi connectivity index (χ1) is 13.9. The molecule has 2 aliphatic rings. The molecule has 3 atom stereocenters. The van der Waals surface area contributed by atoms with Crippen LogP contribution in [0.15, 0.2) is 24.3 Å². The van der Waals surface area contributed by atoms with Crippen molar-refractivity contribution in [1.29, 1.82) is 0 Å². The van der Waals surface area contributed by atoms with Gasteiger partial charge in [0, 0.05) is 34.7 Å². The van der Waals surface area contributed by atoms with Crippen LogP contribution >= 0.6 is 39.1 Å². The lowest BCUT2D eigenvalue weighted by atomic mass is 9.88. The van der Waals surface area contributed by atoms with E-state index in [1.54, 1.807) is 36.9 Å². The molecule has 1 aromatic carbocycles. The molecule has 154 valence electrons. The van der Waals surface area contributed by atoms with Gasteiger partial charge in [-0.3, -0.25) is 0 Å². The van der Waals surface area contributed by atoms with E-state index in [1.807, 2.05) is 0 Å². The maximum absolute atomic E-state index is 12.6. The molecule has 29 heavy (non-hydrogen) atoms. The highest BCUT2D eigenvalue weighted by Gasteiger charge is 2.39. The Morgan fingerprint density at radius 1 is 1.34 bits per heavy atom. The van der Waals surface area contributed by atoms with Gasteiger partial charge in [0.05, 0.1) is 41.6 Å². The molecule has 0 fully saturated rings. The second kappa shape index (κ2) is 8.40. The molecule has 6 nitrogen and oxygen atoms in total. The van der Waals surface area contributed by atoms with Crippen molar-refractivity contribution in [3.63, 3.8) is 0 Å². The molecule has 2 aromatic rings. The zero-order valence-corrected chi connectivity index (χ0v) is 18.9. The number of rotatable bonds is 4. The van der Waals surface area contributed by atoms with Crippen molar-refractivity contribution in [1.82, 2.24) is 9.78 Å². The van der Waals surface area contributed by atoms with Crippen LogP contribution in [0.3, 0.4) is 0 Å². The summed E-state index contributed by atoms with van der Waals surface area (Å²) in [5, 5.41) is 5.54. The van der Waals surface area contributed by atoms with E-state index in [0.717, 1.165) is 11.3 Å². The average molecular weight is 502 g/mol. The fourth-order valence-corrected chi connectivity index (χ4v) is 4.98. The van der Waals surface area contributed by atoms with E-state index in [4.69, 9.17) is 37.4 Å². The van der Waals surface area contributed by atoms with Gasteiger partial charge in [-0.25, -0.2) is 9.48 Å². The normalized spacial score (nSPS) is 23.2. The topological polar surface area (TPSA) is 62.6 Å². The number of hydrogen-bond donors (Lipinski definition) is 0. The number of nitrogens with zero attached hydrogens (tertiary/aromatic N) is 2. The summed E-state index contributed by atoms with van der Waals surface area (Å²) in [6, 6.07) is 5.17. The molecule has 9 heteroatoms. The third-order valence-electron chi connectivity index (χ3n) is 5.04. The SMILES string of the molecule is CCOC(=O)c1nn(-c2cc(Cl)cc(Cl)c2)c2c1COC1CC(OC)C(Br)C=C21. The summed E-state index contributed by atoms with van der Waals surface area (Å²) in [5.74, 6) is -0.487. The molecule has 0 saturated heterocycles. The van der Waals surface area contributed by atoms with Crippen LogP contribution in [0.2, 0.25) is 10.0 Å². The van der Waals surface area contributed by atoms with Gasteiger partial charge in [0.1, 0.15) is 0 Å². The molecule has 0 bridgehead atoms. The standard InChI is InChI=1S/C20H19BrCl2N2O4/c1-3-28-20(26)18-14-9-29-16-8-17(27-2)15(21)7-13(16)19(14)25(24-18)12-5-10(22)4-11(23)6-12/h4-7,15-17H,3,8-9H2,1-2H3. The van der Waals surface area contributed by atoms with E-state index in [9.17, 15) is 4.79 Å². The highest BCUT2D eigenvalue weighted by Crippen LogP contribution is 2.41. The molecule has 1 aromatic heterocycles. The number of ether oxygens (including phenoxy) is 3. The molecule has 1 aliphatic heterocycles. The summed E-state index contributed by atoms with van der Waals surface area (Å²) in [7, 11) is 1.68. The van der Waals surface area contributed by atoms with Crippen LogP contribution in [0.1, 0.15) is 35.1 Å². The molecule has 0 radical (unpaired) electrons. The lowest BCUT2D eigenvalue weighted by Crippen LogP contribution is -2.36. The Balaban J connectivity index is 1.92. The van der Waals surface area contributed by atoms with Gasteiger partial charge in [0.25, 0.3) is 0 Å². The number of halogens is 3. The molecule has 3 unspecified atom stereocenters. The number of carbonyl (C=O) groups is 1. The van der Waals surface area contributed by atoms with Gasteiger partial charge in [0.2, 0.25) is 0 Å². The Labute approximate surface area is 186 Å². The van der Waals surface area contributed by atoms with Crippen LogP contribution in [-0.2, 0) is 20.8 Å². The number of benzene rings is 1. The summed E-state index contributed by atoms with van der Waals surface area (Å²) in [6.07, 6.45) is 2.57. The van der Waals surface area contributed by atoms with Crippen LogP contribution in [0.5, 0.6) is 0 Å². The van der Waals surface area contributed by atoms with Gasteiger partial charge < -0.3 is 14.2 Å². The summed E-state index contributed by atoms with van der Waals surface area (Å²) >= 11 is 16.1. The Bertz CT molecular complexity index is 971. The fourth-order valence-electron chi connectivity index (χ4n) is 3.75. The lowest BCUT2D eigenvalue weighted by Gasteiger charge is -2.35. The predicted molar refractivity (Wildman–Crippen MR) is 114 cm³/mol. The first kappa shape index (κ1) is 20.9. The molecule has 0 spiro atoms. The Hall–Kier alpha value is -1.38. The summed E-state index contributed by atoms with van der Waals surface area (Å²) in [5.41, 5.74) is 3.34. The Kier molecular flexibility index (Phi) is 6.04. The monoisotopic (exact) mass is 500 g/mol. The molecular formula is C20H19BrCl2N2O4. The van der Waals surface area contributed by atoms with Crippen LogP contribution in [-0.4, -0.2) is 46.5 Å². The Morgan fingerprint density at radius 2 is 2.07 bits per heavy atom. The summed E-state index contributed by atoms with van der Waals surface area (Å²) in [4.78, 5) is 12.6. The van der Waals surface area contributed by atoms with Crippen LogP contribution in [0, 0.1) is 0 Å². The number of alkyl halides is 1. The van der Waals surface area contributed by atoms with Crippen LogP contribution in [0.4, 0.5) is 0 Å². The van der Waals surface area contributed by atoms with Crippen molar-refractivity contribution in [2.45, 2.75) is 37.0 Å². The Morgan fingerprint density at radius 3 is 2.72 bits per heavy atom. The highest BCUT2D eigenvalue weighted by molar-refractivity contribution is 9.09. The minimum atomic E-state index is -0.487. The molecule has 2 heterocycles. The summed E-state index contributed by atoms with van der Waals surface area (Å²) in [6.45, 7) is 2.27. The van der Waals surface area contributed by atoms with E-state index in [-0.39, 0.29) is 35.9 Å². The predicted octanol–water partition coefficient (Wildman–Crippen LogP) is 4.82. The summed E-state index contributed by atoms with van der Waals surface area (Å²) < 4.78 is 18.5. The van der Waals surface area contributed by atoms with E-state index in [0.29, 0.717) is 27.7 Å². The molecule has 0 N–H and O–H groups in total. The first-order valence-electron chi connectivity index (χ1n) is 9.19. The number of methoxy groups -OCH3 is 1. The molecule has 4 rings (SSSR count). The quantitative estimate of drug-likeness (QED) is 0.444. The van der Waals surface area contributed by atoms with Gasteiger partial charge >= 0.3 is 5.97 Å². The van der Waals surface area contributed by atoms with Crippen LogP contribution < -0.4 is 0 Å². The molecule has 0 amide bonds. The van der Waals surface area contributed by atoms with E-state index < -0.39 is 5.97 Å². The van der Waals surface area contributed by atoms with E-state index in [1.165, 1.54) is 0 Å². The lowest BCUT2D eigenvalue weighted by molar-refractivity contribution is 0.0111. The number of carbonyl (C=O) groups excluding carboxylic acids is 1. The van der Waals surface area contributed by atoms with Crippen molar-refractivity contribution in [3.8, 4) is 5.69 Å². The largest absolute Gasteiger partial charge is 0.461 e. The third-order valence-corrected chi connectivity index (χ3v) is 6.33. The first-order valence-corrected chi connectivity index (χ1v) is 10.9. The highest BCUT2D eigenvalue weighted by atomic mass is 79.9. The number of aromatic nitrogens is 2. The zero-order chi connectivity index (χ0) is 20.7. The number of esters is 1. The minimum absolute atomic E-state index is 0.00522. The van der Waals surface area contributed by atoms with Gasteiger partial charge in [-0.05, 0) is 25.1 Å². The van der Waals surface area contributed by atoms with Gasteiger partial charge in [-0.1, -0.05) is 45.2 Å².